The highest BCUT2D eigenvalue weighted by Gasteiger charge is 2.63. The summed E-state index contributed by atoms with van der Waals surface area (Å²) in [4.78, 5) is 41.2. The molecule has 2 amide bonds. The molecule has 1 unspecified atom stereocenters. The summed E-state index contributed by atoms with van der Waals surface area (Å²) in [6.07, 6.45) is 1.75. The minimum Gasteiger partial charge on any atom is -0.478 e. The van der Waals surface area contributed by atoms with Crippen LogP contribution >= 0.6 is 15.9 Å². The van der Waals surface area contributed by atoms with Crippen LogP contribution in [-0.2, 0) is 9.59 Å². The number of nitrogens with zero attached hydrogens (tertiary/aromatic N) is 2. The third-order valence-electron chi connectivity index (χ3n) is 7.41. The van der Waals surface area contributed by atoms with Crippen molar-refractivity contribution < 1.29 is 19.5 Å². The van der Waals surface area contributed by atoms with Crippen LogP contribution in [0.2, 0.25) is 0 Å². The molecular weight excluding hydrogens is 582 g/mol. The number of anilines is 3. The van der Waals surface area contributed by atoms with E-state index in [0.29, 0.717) is 29.9 Å². The van der Waals surface area contributed by atoms with Gasteiger partial charge in [0.2, 0.25) is 0 Å². The van der Waals surface area contributed by atoms with E-state index in [1.54, 1.807) is 12.1 Å². The lowest BCUT2D eigenvalue weighted by molar-refractivity contribution is -0.136. The Morgan fingerprint density at radius 2 is 1.32 bits per heavy atom. The Labute approximate surface area is 247 Å². The van der Waals surface area contributed by atoms with E-state index in [1.165, 1.54) is 22.2 Å². The smallest absolute Gasteiger partial charge is 0.335 e. The average Bonchev–Trinajstić information content (AvgIpc) is 3.22. The zero-order valence-electron chi connectivity index (χ0n) is 22.5. The molecule has 208 valence electrons. The van der Waals surface area contributed by atoms with E-state index in [2.05, 4.69) is 21.2 Å². The second-order valence-corrected chi connectivity index (χ2v) is 10.9. The molecule has 0 spiro atoms. The summed E-state index contributed by atoms with van der Waals surface area (Å²) < 4.78 is 0.870. The van der Waals surface area contributed by atoms with Crippen molar-refractivity contribution in [1.82, 2.24) is 0 Å². The molecule has 4 aromatic rings. The predicted molar refractivity (Wildman–Crippen MR) is 164 cm³/mol. The monoisotopic (exact) mass is 611 g/mol. The van der Waals surface area contributed by atoms with Gasteiger partial charge >= 0.3 is 5.97 Å². The number of hydrogen-bond donors (Lipinski definition) is 2. The van der Waals surface area contributed by atoms with Crippen molar-refractivity contribution in [3.05, 3.63) is 125 Å². The highest BCUT2D eigenvalue weighted by atomic mass is 79.9. The molecule has 0 radical (unpaired) electrons. The topological polar surface area (TPSA) is 89.9 Å². The lowest BCUT2D eigenvalue weighted by Crippen LogP contribution is -2.45. The number of nitrogens with one attached hydrogen (secondary N) is 1. The van der Waals surface area contributed by atoms with Gasteiger partial charge < -0.3 is 10.4 Å². The molecule has 2 N–H and O–H groups in total. The number of amides is 2. The van der Waals surface area contributed by atoms with Crippen LogP contribution in [0.5, 0.6) is 0 Å². The number of carbonyl (C=O) groups is 3. The van der Waals surface area contributed by atoms with Crippen molar-refractivity contribution in [3.8, 4) is 0 Å². The number of carboxylic acids is 1. The second kappa shape index (κ2) is 12.0. The first-order valence-electron chi connectivity index (χ1n) is 13.5. The number of aromatic carboxylic acids is 1. The highest BCUT2D eigenvalue weighted by molar-refractivity contribution is 9.10. The Morgan fingerprint density at radius 3 is 1.78 bits per heavy atom. The van der Waals surface area contributed by atoms with Crippen LogP contribution in [0.3, 0.4) is 0 Å². The Hall–Kier alpha value is -4.43. The summed E-state index contributed by atoms with van der Waals surface area (Å²) in [5, 5.41) is 15.9. The van der Waals surface area contributed by atoms with E-state index in [9.17, 15) is 19.5 Å². The second-order valence-electron chi connectivity index (χ2n) is 9.99. The molecule has 0 bridgehead atoms. The van der Waals surface area contributed by atoms with E-state index < -0.39 is 17.4 Å². The van der Waals surface area contributed by atoms with Crippen molar-refractivity contribution >= 4 is 50.8 Å². The van der Waals surface area contributed by atoms with Gasteiger partial charge in [0, 0.05) is 10.2 Å². The van der Waals surface area contributed by atoms with Gasteiger partial charge in [0.25, 0.3) is 11.8 Å². The minimum absolute atomic E-state index is 0.148. The molecule has 7 nitrogen and oxygen atoms in total. The number of hydrogen-bond acceptors (Lipinski definition) is 4. The van der Waals surface area contributed by atoms with Crippen molar-refractivity contribution in [3.63, 3.8) is 0 Å². The summed E-state index contributed by atoms with van der Waals surface area (Å²) in [6.45, 7) is 2.04. The molecule has 8 heteroatoms. The maximum Gasteiger partial charge on any atom is 0.335 e. The van der Waals surface area contributed by atoms with E-state index >= 15 is 0 Å². The van der Waals surface area contributed by atoms with E-state index in [0.717, 1.165) is 16.5 Å². The number of rotatable bonds is 10. The quantitative estimate of drug-likeness (QED) is 0.181. The first kappa shape index (κ1) is 28.1. The summed E-state index contributed by atoms with van der Waals surface area (Å²) in [5.74, 6) is -1.68. The summed E-state index contributed by atoms with van der Waals surface area (Å²) in [5.41, 5.74) is 1.19. The normalized spacial score (nSPS) is 15.2. The van der Waals surface area contributed by atoms with Gasteiger partial charge in [0.05, 0.1) is 23.0 Å². The van der Waals surface area contributed by atoms with Gasteiger partial charge in [-0.3, -0.25) is 9.59 Å². The fourth-order valence-corrected chi connectivity index (χ4v) is 5.60. The van der Waals surface area contributed by atoms with Crippen molar-refractivity contribution in [2.75, 3.05) is 15.3 Å². The molecule has 1 atom stereocenters. The molecule has 1 fully saturated rings. The molecule has 5 rings (SSSR count). The van der Waals surface area contributed by atoms with Crippen LogP contribution in [0, 0.1) is 5.41 Å². The third-order valence-corrected chi connectivity index (χ3v) is 7.94. The Morgan fingerprint density at radius 1 is 0.805 bits per heavy atom. The van der Waals surface area contributed by atoms with Crippen LogP contribution < -0.4 is 15.3 Å². The number of carbonyl (C=O) groups excluding carboxylic acids is 2. The summed E-state index contributed by atoms with van der Waals surface area (Å²) in [7, 11) is 0. The molecular formula is C33H30BrN3O4. The lowest BCUT2D eigenvalue weighted by Gasteiger charge is -2.35. The molecule has 1 saturated heterocycles. The fourth-order valence-electron chi connectivity index (χ4n) is 5.34. The molecule has 0 saturated carbocycles. The van der Waals surface area contributed by atoms with Gasteiger partial charge in [0.15, 0.2) is 5.41 Å². The molecule has 0 aromatic heterocycles. The third kappa shape index (κ3) is 5.35. The van der Waals surface area contributed by atoms with E-state index in [1.807, 2.05) is 91.9 Å². The molecule has 0 aliphatic carbocycles. The van der Waals surface area contributed by atoms with Crippen LogP contribution in [0.1, 0.15) is 48.1 Å². The first-order chi connectivity index (χ1) is 19.9. The molecule has 1 heterocycles. The number of carboxylic acid groups (broad SMARTS) is 1. The van der Waals surface area contributed by atoms with Crippen LogP contribution in [0.4, 0.5) is 17.1 Å². The SMILES string of the molecule is CCCCC1(C(Nc2ccc(C(=O)O)cc2)c2ccc(Br)cc2)C(=O)N(c2ccccc2)N(c2ccccc2)C1=O. The average molecular weight is 613 g/mol. The number of para-hydroxylation sites is 2. The first-order valence-corrected chi connectivity index (χ1v) is 14.3. The van der Waals surface area contributed by atoms with E-state index in [-0.39, 0.29) is 17.4 Å². The van der Waals surface area contributed by atoms with E-state index in [4.69, 9.17) is 0 Å². The van der Waals surface area contributed by atoms with Crippen LogP contribution in [-0.4, -0.2) is 22.9 Å². The Balaban J connectivity index is 1.71. The van der Waals surface area contributed by atoms with Gasteiger partial charge in [-0.25, -0.2) is 14.8 Å². The van der Waals surface area contributed by atoms with Gasteiger partial charge in [-0.1, -0.05) is 84.2 Å². The maximum atomic E-state index is 14.9. The number of hydrazine groups is 1. The van der Waals surface area contributed by atoms with Crippen molar-refractivity contribution in [2.24, 2.45) is 5.41 Å². The van der Waals surface area contributed by atoms with Crippen molar-refractivity contribution in [1.29, 1.82) is 0 Å². The zero-order chi connectivity index (χ0) is 29.0. The van der Waals surface area contributed by atoms with Gasteiger partial charge in [-0.2, -0.15) is 0 Å². The molecule has 1 aliphatic rings. The van der Waals surface area contributed by atoms with Crippen molar-refractivity contribution in [2.45, 2.75) is 32.2 Å². The summed E-state index contributed by atoms with van der Waals surface area (Å²) in [6, 6.07) is 31.6. The number of unbranched alkanes of at least 4 members (excludes halogenated alkanes) is 1. The fraction of sp³-hybridized carbons (Fsp3) is 0.182. The molecule has 4 aromatic carbocycles. The molecule has 41 heavy (non-hydrogen) atoms. The zero-order valence-corrected chi connectivity index (χ0v) is 24.1. The Kier molecular flexibility index (Phi) is 8.21. The predicted octanol–water partition coefficient (Wildman–Crippen LogP) is 7.47. The van der Waals surface area contributed by atoms with Gasteiger partial charge in [-0.05, 0) is 72.6 Å². The summed E-state index contributed by atoms with van der Waals surface area (Å²) >= 11 is 3.50. The molecule has 1 aliphatic heterocycles. The lowest BCUT2D eigenvalue weighted by atomic mass is 9.72. The maximum absolute atomic E-state index is 14.9. The standard InChI is InChI=1S/C33H30BrN3O4/c1-2-3-22-33(29(23-14-18-25(34)19-15-23)35-26-20-16-24(17-21-26)30(38)39)31(40)36(27-10-6-4-7-11-27)37(32(33)41)28-12-8-5-9-13-28/h4-21,29,35H,2-3,22H2,1H3,(H,38,39). The van der Waals surface area contributed by atoms with Gasteiger partial charge in [0.1, 0.15) is 0 Å². The minimum atomic E-state index is -1.50. The highest BCUT2D eigenvalue weighted by Crippen LogP contribution is 2.50. The largest absolute Gasteiger partial charge is 0.478 e. The van der Waals surface area contributed by atoms with Gasteiger partial charge in [-0.15, -0.1) is 0 Å². The van der Waals surface area contributed by atoms with Crippen LogP contribution in [0.15, 0.2) is 114 Å². The number of halogens is 1. The van der Waals surface area contributed by atoms with Crippen LogP contribution in [0.25, 0.3) is 0 Å². The number of benzene rings is 4. The Bertz CT molecular complexity index is 1470.